The van der Waals surface area contributed by atoms with Gasteiger partial charge in [0.15, 0.2) is 0 Å². The summed E-state index contributed by atoms with van der Waals surface area (Å²) in [5, 5.41) is 10.3. The van der Waals surface area contributed by atoms with Crippen molar-refractivity contribution in [2.75, 3.05) is 14.1 Å². The maximum Gasteiger partial charge on any atom is 0.138 e. The van der Waals surface area contributed by atoms with Crippen LogP contribution in [0.25, 0.3) is 11.0 Å². The standard InChI is InChI=1S/C11H13NO2/c1-12(2)7-10-5-8-3-4-9(13)6-11(8)14-10/h3-6,13H,7H2,1-2H3. The highest BCUT2D eigenvalue weighted by molar-refractivity contribution is 5.79. The molecular formula is C11H13NO2. The van der Waals surface area contributed by atoms with Gasteiger partial charge in [0.1, 0.15) is 17.1 Å². The fraction of sp³-hybridized carbons (Fsp3) is 0.273. The van der Waals surface area contributed by atoms with E-state index in [9.17, 15) is 5.11 Å². The van der Waals surface area contributed by atoms with Crippen molar-refractivity contribution < 1.29 is 9.52 Å². The number of phenols is 1. The highest BCUT2D eigenvalue weighted by atomic mass is 16.3. The van der Waals surface area contributed by atoms with Gasteiger partial charge >= 0.3 is 0 Å². The number of fused-ring (bicyclic) bond motifs is 1. The Bertz CT molecular complexity index is 445. The molecular weight excluding hydrogens is 178 g/mol. The van der Waals surface area contributed by atoms with Gasteiger partial charge in [-0.15, -0.1) is 0 Å². The Morgan fingerprint density at radius 1 is 1.29 bits per heavy atom. The number of benzene rings is 1. The van der Waals surface area contributed by atoms with Crippen molar-refractivity contribution in [3.63, 3.8) is 0 Å². The lowest BCUT2D eigenvalue weighted by atomic mass is 10.2. The van der Waals surface area contributed by atoms with Crippen LogP contribution in [0, 0.1) is 0 Å². The summed E-state index contributed by atoms with van der Waals surface area (Å²) in [4.78, 5) is 2.04. The van der Waals surface area contributed by atoms with E-state index in [0.717, 1.165) is 23.3 Å². The predicted molar refractivity (Wildman–Crippen MR) is 55.3 cm³/mol. The van der Waals surface area contributed by atoms with Crippen LogP contribution in [0.2, 0.25) is 0 Å². The van der Waals surface area contributed by atoms with Crippen LogP contribution in [0.15, 0.2) is 28.7 Å². The van der Waals surface area contributed by atoms with Crippen LogP contribution in [0.5, 0.6) is 5.75 Å². The van der Waals surface area contributed by atoms with Gasteiger partial charge in [-0.25, -0.2) is 0 Å². The molecule has 1 aromatic heterocycles. The van der Waals surface area contributed by atoms with Gasteiger partial charge in [-0.05, 0) is 32.3 Å². The van der Waals surface area contributed by atoms with Gasteiger partial charge in [-0.2, -0.15) is 0 Å². The van der Waals surface area contributed by atoms with Gasteiger partial charge < -0.3 is 14.4 Å². The molecule has 0 saturated carbocycles. The maximum absolute atomic E-state index is 9.25. The summed E-state index contributed by atoms with van der Waals surface area (Å²) in [5.41, 5.74) is 0.738. The normalized spacial score (nSPS) is 11.4. The highest BCUT2D eigenvalue weighted by Gasteiger charge is 2.04. The molecule has 0 fully saturated rings. The summed E-state index contributed by atoms with van der Waals surface area (Å²) in [6, 6.07) is 7.15. The molecule has 1 heterocycles. The molecule has 2 rings (SSSR count). The monoisotopic (exact) mass is 191 g/mol. The van der Waals surface area contributed by atoms with Crippen molar-refractivity contribution >= 4 is 11.0 Å². The van der Waals surface area contributed by atoms with Crippen molar-refractivity contribution in [1.82, 2.24) is 4.90 Å². The summed E-state index contributed by atoms with van der Waals surface area (Å²) < 4.78 is 5.56. The Morgan fingerprint density at radius 3 is 2.79 bits per heavy atom. The molecule has 0 unspecified atom stereocenters. The van der Waals surface area contributed by atoms with Crippen LogP contribution in [-0.4, -0.2) is 24.1 Å². The first-order chi connectivity index (χ1) is 6.65. The van der Waals surface area contributed by atoms with E-state index in [1.807, 2.05) is 31.1 Å². The van der Waals surface area contributed by atoms with E-state index in [1.54, 1.807) is 12.1 Å². The Balaban J connectivity index is 2.41. The minimum Gasteiger partial charge on any atom is -0.508 e. The lowest BCUT2D eigenvalue weighted by molar-refractivity contribution is 0.358. The predicted octanol–water partition coefficient (Wildman–Crippen LogP) is 2.20. The molecule has 3 heteroatoms. The Kier molecular flexibility index (Phi) is 2.17. The topological polar surface area (TPSA) is 36.6 Å². The van der Waals surface area contributed by atoms with Gasteiger partial charge in [0.2, 0.25) is 0 Å². The molecule has 0 atom stereocenters. The molecule has 0 bridgehead atoms. The smallest absolute Gasteiger partial charge is 0.138 e. The molecule has 3 nitrogen and oxygen atoms in total. The van der Waals surface area contributed by atoms with Crippen molar-refractivity contribution in [3.8, 4) is 5.75 Å². The van der Waals surface area contributed by atoms with Crippen molar-refractivity contribution in [2.24, 2.45) is 0 Å². The largest absolute Gasteiger partial charge is 0.508 e. The van der Waals surface area contributed by atoms with Crippen LogP contribution >= 0.6 is 0 Å². The zero-order valence-corrected chi connectivity index (χ0v) is 8.32. The fourth-order valence-electron chi connectivity index (χ4n) is 1.46. The lowest BCUT2D eigenvalue weighted by Gasteiger charge is -2.04. The molecule has 74 valence electrons. The molecule has 0 amide bonds. The van der Waals surface area contributed by atoms with Crippen molar-refractivity contribution in [1.29, 1.82) is 0 Å². The summed E-state index contributed by atoms with van der Waals surface area (Å²) in [7, 11) is 3.98. The third-order valence-corrected chi connectivity index (χ3v) is 2.03. The van der Waals surface area contributed by atoms with E-state index in [-0.39, 0.29) is 5.75 Å². The van der Waals surface area contributed by atoms with Gasteiger partial charge in [0.05, 0.1) is 6.54 Å². The van der Waals surface area contributed by atoms with E-state index in [2.05, 4.69) is 0 Å². The number of aromatic hydroxyl groups is 1. The second kappa shape index (κ2) is 3.35. The molecule has 1 N–H and O–H groups in total. The van der Waals surface area contributed by atoms with Gasteiger partial charge in [-0.3, -0.25) is 0 Å². The third-order valence-electron chi connectivity index (χ3n) is 2.03. The van der Waals surface area contributed by atoms with Crippen LogP contribution in [0.1, 0.15) is 5.76 Å². The molecule has 0 aliphatic carbocycles. The van der Waals surface area contributed by atoms with Crippen LogP contribution in [0.4, 0.5) is 0 Å². The highest BCUT2D eigenvalue weighted by Crippen LogP contribution is 2.23. The van der Waals surface area contributed by atoms with Crippen molar-refractivity contribution in [2.45, 2.75) is 6.54 Å². The fourth-order valence-corrected chi connectivity index (χ4v) is 1.46. The maximum atomic E-state index is 9.25. The minimum atomic E-state index is 0.239. The first kappa shape index (κ1) is 9.09. The minimum absolute atomic E-state index is 0.239. The first-order valence-electron chi connectivity index (χ1n) is 4.51. The Morgan fingerprint density at radius 2 is 2.07 bits per heavy atom. The average Bonchev–Trinajstić information content (AvgIpc) is 2.44. The molecule has 0 saturated heterocycles. The number of hydrogen-bond acceptors (Lipinski definition) is 3. The van der Waals surface area contributed by atoms with Crippen molar-refractivity contribution in [3.05, 3.63) is 30.0 Å². The van der Waals surface area contributed by atoms with E-state index >= 15 is 0 Å². The summed E-state index contributed by atoms with van der Waals surface area (Å²) in [5.74, 6) is 1.15. The number of hydrogen-bond donors (Lipinski definition) is 1. The van der Waals surface area contributed by atoms with E-state index in [1.165, 1.54) is 0 Å². The number of rotatable bonds is 2. The SMILES string of the molecule is CN(C)Cc1cc2ccc(O)cc2o1. The molecule has 1 aromatic carbocycles. The molecule has 0 spiro atoms. The summed E-state index contributed by atoms with van der Waals surface area (Å²) >= 11 is 0. The van der Waals surface area contributed by atoms with Gasteiger partial charge in [-0.1, -0.05) is 0 Å². The van der Waals surface area contributed by atoms with Gasteiger partial charge in [0.25, 0.3) is 0 Å². The third kappa shape index (κ3) is 1.72. The zero-order chi connectivity index (χ0) is 10.1. The second-order valence-corrected chi connectivity index (χ2v) is 3.67. The summed E-state index contributed by atoms with van der Waals surface area (Å²) in [6.45, 7) is 0.773. The number of furan rings is 1. The Labute approximate surface area is 82.6 Å². The average molecular weight is 191 g/mol. The quantitative estimate of drug-likeness (QED) is 0.790. The molecule has 0 aliphatic heterocycles. The molecule has 0 radical (unpaired) electrons. The van der Waals surface area contributed by atoms with E-state index < -0.39 is 0 Å². The van der Waals surface area contributed by atoms with Gasteiger partial charge in [0, 0.05) is 11.5 Å². The first-order valence-corrected chi connectivity index (χ1v) is 4.51. The van der Waals surface area contributed by atoms with E-state index in [4.69, 9.17) is 4.42 Å². The Hall–Kier alpha value is -1.48. The lowest BCUT2D eigenvalue weighted by Crippen LogP contribution is -2.09. The molecule has 0 aliphatic rings. The second-order valence-electron chi connectivity index (χ2n) is 3.67. The number of nitrogens with zero attached hydrogens (tertiary/aromatic N) is 1. The number of phenolic OH excluding ortho intramolecular Hbond substituents is 1. The van der Waals surface area contributed by atoms with Crippen LogP contribution < -0.4 is 0 Å². The van der Waals surface area contributed by atoms with Crippen LogP contribution in [0.3, 0.4) is 0 Å². The van der Waals surface area contributed by atoms with E-state index in [0.29, 0.717) is 0 Å². The zero-order valence-electron chi connectivity index (χ0n) is 8.32. The molecule has 2 aromatic rings. The molecule has 14 heavy (non-hydrogen) atoms. The summed E-state index contributed by atoms with van der Waals surface area (Å²) in [6.07, 6.45) is 0. The van der Waals surface area contributed by atoms with Crippen LogP contribution in [-0.2, 0) is 6.54 Å².